The molecule has 120 valence electrons. The molecule has 0 aromatic carbocycles. The van der Waals surface area contributed by atoms with Crippen LogP contribution in [0.25, 0.3) is 0 Å². The highest BCUT2D eigenvalue weighted by Crippen LogP contribution is 2.37. The standard InChI is InChI=1S/C15H27O3S3/c1-19-8-6-17-5-4-12(19)14-11(16)10-13(21(14)3)15-18-7-9-20(15)2/h12-15H,4-10H2,1-3H3/q+3. The summed E-state index contributed by atoms with van der Waals surface area (Å²) >= 11 is 0. The van der Waals surface area contributed by atoms with Crippen molar-refractivity contribution in [3.8, 4) is 0 Å². The van der Waals surface area contributed by atoms with Gasteiger partial charge in [0.15, 0.2) is 16.3 Å². The van der Waals surface area contributed by atoms with Crippen LogP contribution in [0.1, 0.15) is 12.8 Å². The average molecular weight is 352 g/mol. The molecule has 7 unspecified atom stereocenters. The van der Waals surface area contributed by atoms with Gasteiger partial charge in [-0.2, -0.15) is 0 Å². The Morgan fingerprint density at radius 2 is 1.76 bits per heavy atom. The second-order valence-electron chi connectivity index (χ2n) is 6.21. The highest BCUT2D eigenvalue weighted by molar-refractivity contribution is 8.03. The van der Waals surface area contributed by atoms with Crippen molar-refractivity contribution in [2.24, 2.45) is 0 Å². The predicted molar refractivity (Wildman–Crippen MR) is 95.8 cm³/mol. The van der Waals surface area contributed by atoms with Gasteiger partial charge in [0, 0.05) is 28.2 Å². The second-order valence-corrected chi connectivity index (χ2v) is 13.2. The molecule has 0 aliphatic carbocycles. The first kappa shape index (κ1) is 16.5. The summed E-state index contributed by atoms with van der Waals surface area (Å²) in [6.45, 7) is 2.61. The first-order valence-electron chi connectivity index (χ1n) is 7.68. The zero-order valence-corrected chi connectivity index (χ0v) is 15.7. The van der Waals surface area contributed by atoms with Crippen molar-refractivity contribution in [1.29, 1.82) is 0 Å². The molecule has 3 rings (SSSR count). The molecule has 0 aromatic heterocycles. The van der Waals surface area contributed by atoms with Crippen molar-refractivity contribution in [1.82, 2.24) is 0 Å². The zero-order valence-electron chi connectivity index (χ0n) is 13.2. The third kappa shape index (κ3) is 3.30. The molecule has 3 nitrogen and oxygen atoms in total. The highest BCUT2D eigenvalue weighted by Gasteiger charge is 2.62. The van der Waals surface area contributed by atoms with Gasteiger partial charge in [-0.05, 0) is 10.9 Å². The van der Waals surface area contributed by atoms with E-state index in [-0.39, 0.29) is 16.1 Å². The van der Waals surface area contributed by atoms with E-state index in [1.54, 1.807) is 0 Å². The topological polar surface area (TPSA) is 35.5 Å². The Morgan fingerprint density at radius 1 is 1.00 bits per heavy atom. The van der Waals surface area contributed by atoms with Crippen LogP contribution in [0, 0.1) is 0 Å². The van der Waals surface area contributed by atoms with E-state index >= 15 is 0 Å². The van der Waals surface area contributed by atoms with E-state index in [1.807, 2.05) is 0 Å². The lowest BCUT2D eigenvalue weighted by atomic mass is 10.1. The SMILES string of the molecule is C[S+]1CCOCCC1C1C(=O)CC(C2OCC[S+]2C)[S+]1C. The maximum Gasteiger partial charge on any atom is 0.266 e. The molecule has 0 amide bonds. The van der Waals surface area contributed by atoms with Crippen molar-refractivity contribution in [3.63, 3.8) is 0 Å². The molecule has 0 bridgehead atoms. The summed E-state index contributed by atoms with van der Waals surface area (Å²) in [5.41, 5.74) is 0.355. The van der Waals surface area contributed by atoms with E-state index in [2.05, 4.69) is 18.8 Å². The number of ketones is 1. The Morgan fingerprint density at radius 3 is 2.48 bits per heavy atom. The third-order valence-electron chi connectivity index (χ3n) is 4.94. The molecule has 7 atom stereocenters. The van der Waals surface area contributed by atoms with E-state index in [0.29, 0.717) is 43.5 Å². The van der Waals surface area contributed by atoms with Crippen molar-refractivity contribution in [3.05, 3.63) is 0 Å². The van der Waals surface area contributed by atoms with Crippen molar-refractivity contribution < 1.29 is 14.3 Å². The van der Waals surface area contributed by atoms with E-state index in [4.69, 9.17) is 9.47 Å². The van der Waals surface area contributed by atoms with Gasteiger partial charge in [-0.15, -0.1) is 0 Å². The van der Waals surface area contributed by atoms with Gasteiger partial charge in [0.05, 0.1) is 38.8 Å². The smallest absolute Gasteiger partial charge is 0.266 e. The summed E-state index contributed by atoms with van der Waals surface area (Å²) in [4.78, 5) is 12.7. The molecule has 0 saturated carbocycles. The molecule has 0 N–H and O–H groups in total. The monoisotopic (exact) mass is 351 g/mol. The van der Waals surface area contributed by atoms with Crippen molar-refractivity contribution in [2.75, 3.05) is 50.1 Å². The fourth-order valence-corrected chi connectivity index (χ4v) is 11.5. The van der Waals surface area contributed by atoms with Crippen LogP contribution in [-0.2, 0) is 47.0 Å². The van der Waals surface area contributed by atoms with Crippen LogP contribution in [0.3, 0.4) is 0 Å². The Kier molecular flexibility index (Phi) is 5.53. The summed E-state index contributed by atoms with van der Waals surface area (Å²) in [7, 11) is 0.832. The van der Waals surface area contributed by atoms with E-state index in [1.165, 1.54) is 5.75 Å². The molecule has 3 saturated heterocycles. The minimum absolute atomic E-state index is 0.169. The van der Waals surface area contributed by atoms with Crippen LogP contribution in [0.4, 0.5) is 0 Å². The summed E-state index contributed by atoms with van der Waals surface area (Å²) in [5, 5.41) is 1.32. The van der Waals surface area contributed by atoms with Gasteiger partial charge in [0.2, 0.25) is 5.25 Å². The molecule has 6 heteroatoms. The summed E-state index contributed by atoms with van der Waals surface area (Å²) in [6, 6.07) is 0. The molecular formula is C15H27O3S3+3. The number of ether oxygens (including phenoxy) is 2. The van der Waals surface area contributed by atoms with Crippen molar-refractivity contribution in [2.45, 2.75) is 34.0 Å². The Balaban J connectivity index is 1.75. The molecule has 3 aliphatic rings. The van der Waals surface area contributed by atoms with Gasteiger partial charge in [-0.3, -0.25) is 4.79 Å². The quantitative estimate of drug-likeness (QED) is 0.683. The summed E-state index contributed by atoms with van der Waals surface area (Å²) < 4.78 is 11.6. The number of carbonyl (C=O) groups excluding carboxylic acids is 1. The first-order valence-corrected chi connectivity index (χ1v) is 13.2. The molecule has 21 heavy (non-hydrogen) atoms. The van der Waals surface area contributed by atoms with Gasteiger partial charge < -0.3 is 9.47 Å². The zero-order chi connectivity index (χ0) is 15.0. The minimum atomic E-state index is 0.169. The number of carbonyl (C=O) groups is 1. The second kappa shape index (κ2) is 7.04. The van der Waals surface area contributed by atoms with Crippen LogP contribution >= 0.6 is 0 Å². The minimum Gasteiger partial charge on any atom is -0.376 e. The molecule has 3 fully saturated rings. The van der Waals surface area contributed by atoms with Crippen LogP contribution in [0.2, 0.25) is 0 Å². The largest absolute Gasteiger partial charge is 0.376 e. The highest BCUT2D eigenvalue weighted by atomic mass is 32.2. The average Bonchev–Trinajstić information content (AvgIpc) is 2.91. The van der Waals surface area contributed by atoms with Crippen LogP contribution < -0.4 is 0 Å². The third-order valence-corrected chi connectivity index (χ3v) is 12.5. The number of hydrogen-bond acceptors (Lipinski definition) is 3. The molecule has 3 heterocycles. The normalized spacial score (nSPS) is 48.5. The van der Waals surface area contributed by atoms with Gasteiger partial charge in [0.1, 0.15) is 17.8 Å². The molecule has 0 aromatic rings. The van der Waals surface area contributed by atoms with E-state index < -0.39 is 0 Å². The molecule has 0 radical (unpaired) electrons. The van der Waals surface area contributed by atoms with Crippen LogP contribution in [-0.4, -0.2) is 77.1 Å². The Hall–Kier alpha value is 0.640. The predicted octanol–water partition coefficient (Wildman–Crippen LogP) is 0.586. The van der Waals surface area contributed by atoms with Gasteiger partial charge in [0.25, 0.3) is 5.44 Å². The number of rotatable bonds is 2. The molecule has 0 spiro atoms. The van der Waals surface area contributed by atoms with Crippen LogP contribution in [0.5, 0.6) is 0 Å². The summed E-state index contributed by atoms with van der Waals surface area (Å²) in [5.74, 6) is 2.84. The maximum absolute atomic E-state index is 12.7. The lowest BCUT2D eigenvalue weighted by Crippen LogP contribution is -2.44. The van der Waals surface area contributed by atoms with E-state index in [9.17, 15) is 4.79 Å². The fourth-order valence-electron chi connectivity index (χ4n) is 3.66. The maximum atomic E-state index is 12.7. The summed E-state index contributed by atoms with van der Waals surface area (Å²) in [6.07, 6.45) is 8.83. The van der Waals surface area contributed by atoms with Gasteiger partial charge in [-0.1, -0.05) is 0 Å². The number of Topliss-reactive ketones (excluding diaryl/α,β-unsaturated/α-hetero) is 1. The Labute approximate surface area is 136 Å². The molecule has 3 aliphatic heterocycles. The molecular weight excluding hydrogens is 324 g/mol. The lowest BCUT2D eigenvalue weighted by Gasteiger charge is -2.19. The van der Waals surface area contributed by atoms with Crippen LogP contribution in [0.15, 0.2) is 0 Å². The van der Waals surface area contributed by atoms with Gasteiger partial charge in [-0.25, -0.2) is 0 Å². The lowest BCUT2D eigenvalue weighted by molar-refractivity contribution is -0.118. The first-order chi connectivity index (χ1) is 10.1. The fraction of sp³-hybridized carbons (Fsp3) is 0.933. The Bertz CT molecular complexity index is 392. The van der Waals surface area contributed by atoms with E-state index in [0.717, 1.165) is 38.4 Å². The number of hydrogen-bond donors (Lipinski definition) is 0. The van der Waals surface area contributed by atoms with Gasteiger partial charge >= 0.3 is 0 Å². The van der Waals surface area contributed by atoms with Crippen molar-refractivity contribution >= 4 is 38.5 Å².